The normalized spacial score (nSPS) is 24.6. The molecular weight excluding hydrogens is 300 g/mol. The minimum atomic E-state index is -0.525. The fourth-order valence-electron chi connectivity index (χ4n) is 2.39. The molecule has 126 valence electrons. The van der Waals surface area contributed by atoms with Crippen molar-refractivity contribution >= 4 is 5.97 Å². The molecule has 1 aliphatic rings. The van der Waals surface area contributed by atoms with Gasteiger partial charge in [-0.05, 0) is 24.6 Å². The van der Waals surface area contributed by atoms with Gasteiger partial charge in [-0.15, -0.1) is 0 Å². The Morgan fingerprint density at radius 2 is 2.09 bits per heavy atom. The van der Waals surface area contributed by atoms with Crippen LogP contribution in [0.4, 0.5) is 0 Å². The summed E-state index contributed by atoms with van der Waals surface area (Å²) in [4.78, 5) is 11.3. The molecule has 0 amide bonds. The van der Waals surface area contributed by atoms with E-state index >= 15 is 0 Å². The summed E-state index contributed by atoms with van der Waals surface area (Å²) >= 11 is 0. The fraction of sp³-hybridized carbons (Fsp3) is 0.471. The number of ether oxygens (including phenoxy) is 4. The molecule has 2 rings (SSSR count). The lowest BCUT2D eigenvalue weighted by Crippen LogP contribution is -2.35. The minimum Gasteiger partial charge on any atom is -0.497 e. The smallest absolute Gasteiger partial charge is 0.330 e. The molecule has 1 fully saturated rings. The topological polar surface area (TPSA) is 74.2 Å². The number of hydrogen-bond acceptors (Lipinski definition) is 6. The number of esters is 1. The Kier molecular flexibility index (Phi) is 6.58. The van der Waals surface area contributed by atoms with E-state index < -0.39 is 12.3 Å². The first kappa shape index (κ1) is 17.5. The second-order valence-corrected chi connectivity index (χ2v) is 5.19. The maximum atomic E-state index is 11.3. The average molecular weight is 322 g/mol. The molecule has 0 aromatic heterocycles. The van der Waals surface area contributed by atoms with E-state index in [1.165, 1.54) is 13.2 Å². The highest BCUT2D eigenvalue weighted by atomic mass is 16.7. The second kappa shape index (κ2) is 8.67. The molecule has 1 aliphatic heterocycles. The van der Waals surface area contributed by atoms with Crippen LogP contribution in [0.15, 0.2) is 36.4 Å². The lowest BCUT2D eigenvalue weighted by atomic mass is 9.97. The maximum absolute atomic E-state index is 11.3. The van der Waals surface area contributed by atoms with Gasteiger partial charge in [0.1, 0.15) is 5.75 Å². The van der Waals surface area contributed by atoms with Crippen molar-refractivity contribution in [2.75, 3.05) is 27.4 Å². The van der Waals surface area contributed by atoms with E-state index in [0.717, 1.165) is 11.3 Å². The highest BCUT2D eigenvalue weighted by Gasteiger charge is 2.31. The Labute approximate surface area is 135 Å². The molecule has 6 heteroatoms. The predicted molar refractivity (Wildman–Crippen MR) is 82.9 cm³/mol. The van der Waals surface area contributed by atoms with Crippen molar-refractivity contribution in [2.45, 2.75) is 18.8 Å². The Morgan fingerprint density at radius 3 is 2.70 bits per heavy atom. The Hall–Kier alpha value is -1.89. The molecule has 3 atom stereocenters. The minimum absolute atomic E-state index is 0.0181. The van der Waals surface area contributed by atoms with E-state index in [-0.39, 0.29) is 18.6 Å². The third-order valence-electron chi connectivity index (χ3n) is 3.72. The van der Waals surface area contributed by atoms with Crippen molar-refractivity contribution in [2.24, 2.45) is 5.92 Å². The molecule has 1 aromatic rings. The van der Waals surface area contributed by atoms with Crippen molar-refractivity contribution in [1.29, 1.82) is 0 Å². The van der Waals surface area contributed by atoms with Gasteiger partial charge in [-0.2, -0.15) is 0 Å². The molecule has 0 radical (unpaired) electrons. The molecule has 23 heavy (non-hydrogen) atoms. The number of methoxy groups -OCH3 is 2. The Balaban J connectivity index is 2.09. The first-order chi connectivity index (χ1) is 11.2. The molecule has 1 aromatic carbocycles. The average Bonchev–Trinajstić information content (AvgIpc) is 2.60. The molecule has 0 aliphatic carbocycles. The van der Waals surface area contributed by atoms with Gasteiger partial charge in [-0.1, -0.05) is 12.1 Å². The molecule has 1 N–H and O–H groups in total. The van der Waals surface area contributed by atoms with E-state index in [4.69, 9.17) is 19.3 Å². The number of carbonyl (C=O) groups excluding carboxylic acids is 1. The van der Waals surface area contributed by atoms with Crippen molar-refractivity contribution in [3.63, 3.8) is 0 Å². The Morgan fingerprint density at radius 1 is 1.35 bits per heavy atom. The van der Waals surface area contributed by atoms with E-state index in [1.54, 1.807) is 13.2 Å². The summed E-state index contributed by atoms with van der Waals surface area (Å²) in [5.41, 5.74) is 0.865. The Bertz CT molecular complexity index is 524. The van der Waals surface area contributed by atoms with Crippen molar-refractivity contribution in [3.05, 3.63) is 42.0 Å². The molecule has 1 saturated heterocycles. The van der Waals surface area contributed by atoms with Gasteiger partial charge >= 0.3 is 5.97 Å². The highest BCUT2D eigenvalue weighted by molar-refractivity contribution is 5.81. The zero-order chi connectivity index (χ0) is 16.7. The number of aliphatic hydroxyl groups excluding tert-OH is 1. The first-order valence-electron chi connectivity index (χ1n) is 7.46. The number of aliphatic hydroxyl groups is 1. The molecule has 0 saturated carbocycles. The van der Waals surface area contributed by atoms with E-state index in [2.05, 4.69) is 4.74 Å². The van der Waals surface area contributed by atoms with Crippen LogP contribution in [0, 0.1) is 5.92 Å². The first-order valence-corrected chi connectivity index (χ1v) is 7.46. The van der Waals surface area contributed by atoms with Crippen LogP contribution >= 0.6 is 0 Å². The summed E-state index contributed by atoms with van der Waals surface area (Å²) < 4.78 is 21.4. The van der Waals surface area contributed by atoms with Gasteiger partial charge in [0.25, 0.3) is 0 Å². The highest BCUT2D eigenvalue weighted by Crippen LogP contribution is 2.32. The summed E-state index contributed by atoms with van der Waals surface area (Å²) in [5, 5.41) is 9.16. The van der Waals surface area contributed by atoms with Crippen molar-refractivity contribution < 1.29 is 28.8 Å². The third kappa shape index (κ3) is 4.79. The molecule has 6 nitrogen and oxygen atoms in total. The molecule has 0 unspecified atom stereocenters. The SMILES string of the molecule is COC(=O)/C=C/[C@H]1O[C@@H](c2ccc(OC)cc2)OC[C@@H]1CCO. The summed E-state index contributed by atoms with van der Waals surface area (Å²) in [6, 6.07) is 7.41. The van der Waals surface area contributed by atoms with Gasteiger partial charge in [-0.3, -0.25) is 0 Å². The quantitative estimate of drug-likeness (QED) is 0.636. The van der Waals surface area contributed by atoms with Gasteiger partial charge in [0.15, 0.2) is 6.29 Å². The summed E-state index contributed by atoms with van der Waals surface area (Å²) in [7, 11) is 2.93. The molecule has 1 heterocycles. The number of rotatable bonds is 6. The van der Waals surface area contributed by atoms with Crippen LogP contribution in [0.25, 0.3) is 0 Å². The van der Waals surface area contributed by atoms with Gasteiger partial charge in [-0.25, -0.2) is 4.79 Å². The lowest BCUT2D eigenvalue weighted by Gasteiger charge is -2.35. The molecule has 0 bridgehead atoms. The van der Waals surface area contributed by atoms with Crippen LogP contribution in [-0.4, -0.2) is 44.6 Å². The third-order valence-corrected chi connectivity index (χ3v) is 3.72. The fourth-order valence-corrected chi connectivity index (χ4v) is 2.39. The van der Waals surface area contributed by atoms with Gasteiger partial charge in [0, 0.05) is 24.2 Å². The number of hydrogen-bond donors (Lipinski definition) is 1. The van der Waals surface area contributed by atoms with E-state index in [1.807, 2.05) is 24.3 Å². The van der Waals surface area contributed by atoms with Crippen molar-refractivity contribution in [3.8, 4) is 5.75 Å². The molecule has 0 spiro atoms. The van der Waals surface area contributed by atoms with Crippen LogP contribution in [0.2, 0.25) is 0 Å². The summed E-state index contributed by atoms with van der Waals surface area (Å²) in [6.45, 7) is 0.473. The number of carbonyl (C=O) groups is 1. The van der Waals surface area contributed by atoms with Crippen LogP contribution < -0.4 is 4.74 Å². The van der Waals surface area contributed by atoms with Gasteiger partial charge < -0.3 is 24.1 Å². The van der Waals surface area contributed by atoms with Gasteiger partial charge in [0.2, 0.25) is 0 Å². The second-order valence-electron chi connectivity index (χ2n) is 5.19. The number of benzene rings is 1. The summed E-state index contributed by atoms with van der Waals surface area (Å²) in [5.74, 6) is 0.295. The predicted octanol–water partition coefficient (Wildman–Crippen LogP) is 1.84. The van der Waals surface area contributed by atoms with Crippen LogP contribution in [0.1, 0.15) is 18.3 Å². The lowest BCUT2D eigenvalue weighted by molar-refractivity contribution is -0.230. The van der Waals surface area contributed by atoms with Crippen LogP contribution in [0.5, 0.6) is 5.75 Å². The van der Waals surface area contributed by atoms with Gasteiger partial charge in [0.05, 0.1) is 26.9 Å². The molecular formula is C17H22O6. The van der Waals surface area contributed by atoms with Crippen LogP contribution in [-0.2, 0) is 19.0 Å². The van der Waals surface area contributed by atoms with E-state index in [0.29, 0.717) is 13.0 Å². The zero-order valence-corrected chi connectivity index (χ0v) is 13.3. The monoisotopic (exact) mass is 322 g/mol. The largest absolute Gasteiger partial charge is 0.497 e. The van der Waals surface area contributed by atoms with Crippen LogP contribution in [0.3, 0.4) is 0 Å². The van der Waals surface area contributed by atoms with E-state index in [9.17, 15) is 4.79 Å². The summed E-state index contributed by atoms with van der Waals surface area (Å²) in [6.07, 6.45) is 2.67. The zero-order valence-electron chi connectivity index (χ0n) is 13.3. The maximum Gasteiger partial charge on any atom is 0.330 e. The van der Waals surface area contributed by atoms with Crippen molar-refractivity contribution in [1.82, 2.24) is 0 Å². The standard InChI is InChI=1S/C17H22O6/c1-20-14-5-3-12(4-6-14)17-22-11-13(9-10-18)15(23-17)7-8-16(19)21-2/h3-8,13,15,17-18H,9-11H2,1-2H3/b8-7+/t13-,15+,17-/m0/s1.